The van der Waals surface area contributed by atoms with E-state index in [1.54, 1.807) is 4.68 Å². The van der Waals surface area contributed by atoms with E-state index in [4.69, 9.17) is 9.97 Å². The first kappa shape index (κ1) is 18.9. The highest BCUT2D eigenvalue weighted by molar-refractivity contribution is 7.05. The predicted octanol–water partition coefficient (Wildman–Crippen LogP) is 3.43. The number of carbonyl (C=O) groups is 1. The molecule has 1 saturated carbocycles. The Morgan fingerprint density at radius 3 is 2.80 bits per heavy atom. The number of aromatic nitrogens is 6. The van der Waals surface area contributed by atoms with E-state index >= 15 is 0 Å². The Kier molecular flexibility index (Phi) is 4.82. The molecule has 0 aliphatic heterocycles. The Bertz CT molecular complexity index is 1210. The Morgan fingerprint density at radius 2 is 2.10 bits per heavy atom. The lowest BCUT2D eigenvalue weighted by Gasteiger charge is -2.23. The zero-order chi connectivity index (χ0) is 20.7. The first-order valence-electron chi connectivity index (χ1n) is 10.1. The van der Waals surface area contributed by atoms with E-state index in [-0.39, 0.29) is 6.04 Å². The fraction of sp³-hybridized carbons (Fsp3) is 0.381. The minimum atomic E-state index is 0.233. The average molecular weight is 422 g/mol. The summed E-state index contributed by atoms with van der Waals surface area (Å²) in [5.74, 6) is 1.93. The molecule has 1 aliphatic carbocycles. The summed E-state index contributed by atoms with van der Waals surface area (Å²) in [6, 6.07) is 4.33. The molecule has 0 spiro atoms. The Morgan fingerprint density at radius 1 is 1.27 bits per heavy atom. The number of fused-ring (bicyclic) bond motifs is 1. The normalized spacial score (nSPS) is 15.2. The van der Waals surface area contributed by atoms with Crippen LogP contribution in [0, 0.1) is 6.92 Å². The van der Waals surface area contributed by atoms with Crippen LogP contribution in [0.3, 0.4) is 0 Å². The second kappa shape index (κ2) is 7.64. The molecule has 1 fully saturated rings. The number of aryl methyl sites for hydroxylation is 2. The van der Waals surface area contributed by atoms with Crippen LogP contribution >= 0.6 is 11.5 Å². The van der Waals surface area contributed by atoms with E-state index in [1.165, 1.54) is 11.5 Å². The van der Waals surface area contributed by atoms with Gasteiger partial charge in [-0.3, -0.25) is 9.48 Å². The smallest absolute Gasteiger partial charge is 0.154 e. The van der Waals surface area contributed by atoms with Gasteiger partial charge in [0.1, 0.15) is 17.1 Å². The topological polar surface area (TPSA) is 90.5 Å². The van der Waals surface area contributed by atoms with Gasteiger partial charge in [-0.15, -0.1) is 0 Å². The Labute approximate surface area is 178 Å². The van der Waals surface area contributed by atoms with Crippen molar-refractivity contribution < 1.29 is 4.79 Å². The average Bonchev–Trinajstić information content (AvgIpc) is 3.44. The molecular weight excluding hydrogens is 398 g/mol. The minimum absolute atomic E-state index is 0.233. The quantitative estimate of drug-likeness (QED) is 0.531. The van der Waals surface area contributed by atoms with Crippen LogP contribution in [-0.2, 0) is 18.3 Å². The maximum absolute atomic E-state index is 11.7. The maximum atomic E-state index is 11.7. The zero-order valence-corrected chi connectivity index (χ0v) is 17.8. The van der Waals surface area contributed by atoms with Gasteiger partial charge in [-0.2, -0.15) is 9.47 Å². The lowest BCUT2D eigenvalue weighted by atomic mass is 9.94. The number of anilines is 1. The van der Waals surface area contributed by atoms with Crippen LogP contribution in [-0.4, -0.2) is 40.5 Å². The summed E-state index contributed by atoms with van der Waals surface area (Å²) in [6.07, 6.45) is 9.38. The molecule has 9 heteroatoms. The summed E-state index contributed by atoms with van der Waals surface area (Å²) in [6.45, 7) is 2.00. The predicted molar refractivity (Wildman–Crippen MR) is 116 cm³/mol. The highest BCUT2D eigenvalue weighted by Crippen LogP contribution is 2.28. The van der Waals surface area contributed by atoms with E-state index in [0.29, 0.717) is 25.0 Å². The van der Waals surface area contributed by atoms with E-state index in [0.717, 1.165) is 51.8 Å². The third-order valence-electron chi connectivity index (χ3n) is 5.44. The van der Waals surface area contributed by atoms with Crippen molar-refractivity contribution in [1.29, 1.82) is 0 Å². The van der Waals surface area contributed by atoms with Crippen LogP contribution < -0.4 is 5.32 Å². The van der Waals surface area contributed by atoms with Gasteiger partial charge in [0.15, 0.2) is 5.82 Å². The van der Waals surface area contributed by atoms with Crippen molar-refractivity contribution in [2.24, 2.45) is 7.05 Å². The number of hydrogen-bond donors (Lipinski definition) is 1. The molecule has 0 unspecified atom stereocenters. The van der Waals surface area contributed by atoms with Crippen molar-refractivity contribution in [3.05, 3.63) is 47.1 Å². The molecule has 0 bridgehead atoms. The molecule has 0 atom stereocenters. The van der Waals surface area contributed by atoms with Gasteiger partial charge in [0, 0.05) is 49.6 Å². The SMILES string of the molecule is Cc1cc(Cc2nc(NC3CCC(=O)CC3)c3c(ccn3-c3cnn(C)c3)n2)sn1. The van der Waals surface area contributed by atoms with Crippen molar-refractivity contribution in [3.8, 4) is 5.69 Å². The van der Waals surface area contributed by atoms with E-state index in [1.807, 2.05) is 38.6 Å². The maximum Gasteiger partial charge on any atom is 0.154 e. The highest BCUT2D eigenvalue weighted by Gasteiger charge is 2.22. The molecule has 0 radical (unpaired) electrons. The standard InChI is InChI=1S/C21H23N7OS/c1-13-9-17(30-26-13)10-19-24-18-7-8-28(15-11-22-27(2)12-15)20(18)21(25-19)23-14-3-5-16(29)6-4-14/h7-9,11-12,14H,3-6,10H2,1-2H3,(H,23,24,25). The number of Topliss-reactive ketones (excluding diaryl/α,β-unsaturated/α-hetero) is 1. The fourth-order valence-corrected chi connectivity index (χ4v) is 4.69. The summed E-state index contributed by atoms with van der Waals surface area (Å²) < 4.78 is 8.22. The highest BCUT2D eigenvalue weighted by atomic mass is 32.1. The Balaban J connectivity index is 1.56. The summed E-state index contributed by atoms with van der Waals surface area (Å²) in [5.41, 5.74) is 3.80. The summed E-state index contributed by atoms with van der Waals surface area (Å²) in [7, 11) is 1.90. The van der Waals surface area contributed by atoms with Gasteiger partial charge in [0.2, 0.25) is 0 Å². The number of ketones is 1. The summed E-state index contributed by atoms with van der Waals surface area (Å²) in [4.78, 5) is 22.5. The molecule has 5 rings (SSSR count). The number of nitrogens with one attached hydrogen (secondary N) is 1. The van der Waals surface area contributed by atoms with Gasteiger partial charge >= 0.3 is 0 Å². The molecule has 0 amide bonds. The van der Waals surface area contributed by atoms with Gasteiger partial charge in [0.05, 0.1) is 23.1 Å². The minimum Gasteiger partial charge on any atom is -0.365 e. The van der Waals surface area contributed by atoms with Gasteiger partial charge in [0.25, 0.3) is 0 Å². The molecule has 1 aliphatic rings. The van der Waals surface area contributed by atoms with Crippen molar-refractivity contribution in [3.63, 3.8) is 0 Å². The largest absolute Gasteiger partial charge is 0.365 e. The van der Waals surface area contributed by atoms with E-state index in [9.17, 15) is 4.79 Å². The van der Waals surface area contributed by atoms with Crippen LogP contribution in [0.15, 0.2) is 30.7 Å². The monoisotopic (exact) mass is 421 g/mol. The molecule has 30 heavy (non-hydrogen) atoms. The number of carbonyl (C=O) groups excluding carboxylic acids is 1. The van der Waals surface area contributed by atoms with Crippen LogP contribution in [0.5, 0.6) is 0 Å². The second-order valence-electron chi connectivity index (χ2n) is 7.85. The van der Waals surface area contributed by atoms with Gasteiger partial charge in [-0.1, -0.05) is 0 Å². The van der Waals surface area contributed by atoms with E-state index < -0.39 is 0 Å². The third-order valence-corrected chi connectivity index (χ3v) is 6.32. The summed E-state index contributed by atoms with van der Waals surface area (Å²) in [5, 5.41) is 7.92. The number of hydrogen-bond acceptors (Lipinski definition) is 7. The lowest BCUT2D eigenvalue weighted by Crippen LogP contribution is -2.27. The van der Waals surface area contributed by atoms with E-state index in [2.05, 4.69) is 25.4 Å². The first-order valence-corrected chi connectivity index (χ1v) is 10.9. The van der Waals surface area contributed by atoms with Crippen molar-refractivity contribution >= 4 is 34.2 Å². The molecule has 154 valence electrons. The van der Waals surface area contributed by atoms with Crippen molar-refractivity contribution in [1.82, 2.24) is 28.7 Å². The van der Waals surface area contributed by atoms with Crippen LogP contribution in [0.4, 0.5) is 5.82 Å². The zero-order valence-electron chi connectivity index (χ0n) is 17.0. The molecule has 4 aromatic heterocycles. The lowest BCUT2D eigenvalue weighted by molar-refractivity contribution is -0.120. The van der Waals surface area contributed by atoms with Gasteiger partial charge in [-0.25, -0.2) is 9.97 Å². The molecule has 4 aromatic rings. The van der Waals surface area contributed by atoms with Gasteiger partial charge in [-0.05, 0) is 43.4 Å². The molecular formula is C21H23N7OS. The molecule has 4 heterocycles. The van der Waals surface area contributed by atoms with Crippen LogP contribution in [0.25, 0.3) is 16.7 Å². The second-order valence-corrected chi connectivity index (χ2v) is 8.74. The number of rotatable bonds is 5. The van der Waals surface area contributed by atoms with Crippen molar-refractivity contribution in [2.75, 3.05) is 5.32 Å². The number of nitrogens with zero attached hydrogens (tertiary/aromatic N) is 6. The third kappa shape index (κ3) is 3.72. The van der Waals surface area contributed by atoms with Gasteiger partial charge < -0.3 is 9.88 Å². The van der Waals surface area contributed by atoms with Crippen LogP contribution in [0.2, 0.25) is 0 Å². The first-order chi connectivity index (χ1) is 14.5. The Hall–Kier alpha value is -3.07. The molecule has 8 nitrogen and oxygen atoms in total. The fourth-order valence-electron chi connectivity index (χ4n) is 3.95. The van der Waals surface area contributed by atoms with Crippen molar-refractivity contribution in [2.45, 2.75) is 45.1 Å². The summed E-state index contributed by atoms with van der Waals surface area (Å²) >= 11 is 1.49. The van der Waals surface area contributed by atoms with Crippen LogP contribution in [0.1, 0.15) is 42.1 Å². The molecule has 1 N–H and O–H groups in total. The molecule has 0 aromatic carbocycles. The molecule has 0 saturated heterocycles.